The van der Waals surface area contributed by atoms with E-state index in [9.17, 15) is 5.11 Å². The molecule has 3 nitrogen and oxygen atoms in total. The van der Waals surface area contributed by atoms with E-state index in [4.69, 9.17) is 16.1 Å². The van der Waals surface area contributed by atoms with E-state index in [1.54, 1.807) is 24.3 Å². The topological polar surface area (TPSA) is 46.3 Å². The third-order valence-electron chi connectivity index (χ3n) is 2.15. The third-order valence-corrected chi connectivity index (χ3v) is 2.34. The van der Waals surface area contributed by atoms with E-state index in [1.807, 2.05) is 0 Å². The lowest BCUT2D eigenvalue weighted by Crippen LogP contribution is -1.80. The molecule has 0 radical (unpaired) electrons. The Hall–Kier alpha value is -1.92. The number of halogens is 1. The number of benzene rings is 1. The molecule has 0 amide bonds. The first kappa shape index (κ1) is 11.6. The highest BCUT2D eigenvalue weighted by Gasteiger charge is 2.08. The van der Waals surface area contributed by atoms with Crippen molar-refractivity contribution in [2.24, 2.45) is 0 Å². The van der Waals surface area contributed by atoms with Crippen molar-refractivity contribution in [3.8, 4) is 28.9 Å². The van der Waals surface area contributed by atoms with E-state index in [1.165, 1.54) is 6.20 Å². The maximum absolute atomic E-state index is 9.72. The fraction of sp³-hybridized carbons (Fsp3) is 0.154. The summed E-state index contributed by atoms with van der Waals surface area (Å²) in [6, 6.07) is 6.78. The number of aromatic hydroxyl groups is 1. The number of aromatic nitrogens is 1. The molecular formula is C13H10ClNO2. The van der Waals surface area contributed by atoms with Gasteiger partial charge in [-0.1, -0.05) is 17.0 Å². The van der Waals surface area contributed by atoms with Gasteiger partial charge >= 0.3 is 0 Å². The van der Waals surface area contributed by atoms with Gasteiger partial charge in [-0.3, -0.25) is 0 Å². The van der Waals surface area contributed by atoms with Crippen LogP contribution in [-0.4, -0.2) is 16.1 Å². The van der Waals surface area contributed by atoms with E-state index >= 15 is 0 Å². The van der Waals surface area contributed by atoms with Gasteiger partial charge in [-0.05, 0) is 18.2 Å². The van der Waals surface area contributed by atoms with E-state index in [2.05, 4.69) is 17.0 Å². The number of alkyl halides is 1. The third kappa shape index (κ3) is 2.80. The molecule has 0 unspecified atom stereocenters. The molecule has 1 N–H and O–H groups in total. The number of phenols is 1. The van der Waals surface area contributed by atoms with Crippen LogP contribution in [0.1, 0.15) is 12.0 Å². The Morgan fingerprint density at radius 2 is 2.24 bits per heavy atom. The molecule has 0 atom stereocenters. The molecule has 0 aliphatic rings. The predicted octanol–water partition coefficient (Wildman–Crippen LogP) is 3.03. The summed E-state index contributed by atoms with van der Waals surface area (Å²) in [4.78, 5) is 0. The summed E-state index contributed by atoms with van der Waals surface area (Å²) in [5.74, 6) is 7.08. The smallest absolute Gasteiger partial charge is 0.170 e. The van der Waals surface area contributed by atoms with Crippen LogP contribution < -0.4 is 0 Å². The van der Waals surface area contributed by atoms with Gasteiger partial charge in [0.2, 0.25) is 0 Å². The zero-order chi connectivity index (χ0) is 12.1. The van der Waals surface area contributed by atoms with E-state index in [0.717, 1.165) is 5.56 Å². The Kier molecular flexibility index (Phi) is 3.69. The summed E-state index contributed by atoms with van der Waals surface area (Å²) < 4.78 is 5.00. The van der Waals surface area contributed by atoms with Crippen LogP contribution in [0.5, 0.6) is 5.75 Å². The molecule has 0 saturated heterocycles. The molecule has 0 bridgehead atoms. The maximum Gasteiger partial charge on any atom is 0.170 e. The second-order valence-corrected chi connectivity index (χ2v) is 3.73. The molecule has 0 aliphatic heterocycles. The van der Waals surface area contributed by atoms with Crippen molar-refractivity contribution >= 4 is 11.6 Å². The van der Waals surface area contributed by atoms with E-state index < -0.39 is 0 Å². The lowest BCUT2D eigenvalue weighted by molar-refractivity contribution is 0.426. The highest BCUT2D eigenvalue weighted by atomic mass is 35.5. The van der Waals surface area contributed by atoms with Crippen LogP contribution in [0.25, 0.3) is 11.3 Å². The standard InChI is InChI=1S/C13H10ClNO2/c14-7-2-1-3-10-4-5-12(16)11(9-10)13-6-8-15-17-13/h4-6,8-9,16H,2,7H2. The summed E-state index contributed by atoms with van der Waals surface area (Å²) in [5.41, 5.74) is 1.39. The molecule has 0 aliphatic carbocycles. The highest BCUT2D eigenvalue weighted by molar-refractivity contribution is 6.18. The second kappa shape index (κ2) is 5.42. The molecule has 1 aromatic carbocycles. The molecule has 0 spiro atoms. The zero-order valence-electron chi connectivity index (χ0n) is 8.98. The van der Waals surface area contributed by atoms with Gasteiger partial charge < -0.3 is 9.63 Å². The monoisotopic (exact) mass is 247 g/mol. The summed E-state index contributed by atoms with van der Waals surface area (Å²) in [5, 5.41) is 13.3. The van der Waals surface area contributed by atoms with Crippen LogP contribution in [0, 0.1) is 11.8 Å². The van der Waals surface area contributed by atoms with Crippen molar-refractivity contribution in [2.75, 3.05) is 5.88 Å². The Bertz CT molecular complexity index is 553. The van der Waals surface area contributed by atoms with Crippen molar-refractivity contribution in [3.63, 3.8) is 0 Å². The van der Waals surface area contributed by atoms with Gasteiger partial charge in [0.25, 0.3) is 0 Å². The van der Waals surface area contributed by atoms with Crippen molar-refractivity contribution in [1.82, 2.24) is 5.16 Å². The summed E-state index contributed by atoms with van der Waals surface area (Å²) in [6.07, 6.45) is 2.17. The van der Waals surface area contributed by atoms with Crippen LogP contribution in [0.4, 0.5) is 0 Å². The lowest BCUT2D eigenvalue weighted by atomic mass is 10.1. The first-order valence-electron chi connectivity index (χ1n) is 5.10. The first-order valence-corrected chi connectivity index (χ1v) is 5.63. The predicted molar refractivity (Wildman–Crippen MR) is 65.8 cm³/mol. The Balaban J connectivity index is 2.34. The fourth-order valence-corrected chi connectivity index (χ4v) is 1.47. The van der Waals surface area contributed by atoms with Gasteiger partial charge in [-0.15, -0.1) is 11.6 Å². The van der Waals surface area contributed by atoms with Crippen molar-refractivity contribution in [2.45, 2.75) is 6.42 Å². The molecule has 86 valence electrons. The van der Waals surface area contributed by atoms with Crippen molar-refractivity contribution in [3.05, 3.63) is 36.0 Å². The summed E-state index contributed by atoms with van der Waals surface area (Å²) >= 11 is 5.54. The molecule has 0 saturated carbocycles. The Morgan fingerprint density at radius 1 is 1.35 bits per heavy atom. The van der Waals surface area contributed by atoms with Crippen molar-refractivity contribution < 1.29 is 9.63 Å². The average molecular weight is 248 g/mol. The minimum absolute atomic E-state index is 0.143. The van der Waals surface area contributed by atoms with Crippen molar-refractivity contribution in [1.29, 1.82) is 0 Å². The quantitative estimate of drug-likeness (QED) is 0.655. The molecule has 1 aromatic heterocycles. The molecule has 2 rings (SSSR count). The molecular weight excluding hydrogens is 238 g/mol. The van der Waals surface area contributed by atoms with Gasteiger partial charge in [-0.25, -0.2) is 0 Å². The number of hydrogen-bond donors (Lipinski definition) is 1. The van der Waals surface area contributed by atoms with Crippen LogP contribution in [0.2, 0.25) is 0 Å². The zero-order valence-corrected chi connectivity index (χ0v) is 9.74. The molecule has 4 heteroatoms. The summed E-state index contributed by atoms with van der Waals surface area (Å²) in [7, 11) is 0. The Morgan fingerprint density at radius 3 is 2.94 bits per heavy atom. The normalized spacial score (nSPS) is 9.71. The van der Waals surface area contributed by atoms with Crippen LogP contribution in [-0.2, 0) is 0 Å². The summed E-state index contributed by atoms with van der Waals surface area (Å²) in [6.45, 7) is 0. The largest absolute Gasteiger partial charge is 0.507 e. The van der Waals surface area contributed by atoms with Crippen LogP contribution in [0.3, 0.4) is 0 Å². The van der Waals surface area contributed by atoms with Gasteiger partial charge in [0.15, 0.2) is 5.76 Å². The highest BCUT2D eigenvalue weighted by Crippen LogP contribution is 2.29. The molecule has 17 heavy (non-hydrogen) atoms. The van der Waals surface area contributed by atoms with E-state index in [0.29, 0.717) is 23.6 Å². The number of phenolic OH excluding ortho intramolecular Hbond substituents is 1. The van der Waals surface area contributed by atoms with Gasteiger partial charge in [0.1, 0.15) is 5.75 Å². The number of nitrogens with zero attached hydrogens (tertiary/aromatic N) is 1. The SMILES string of the molecule is Oc1ccc(C#CCCCl)cc1-c1ccno1. The average Bonchev–Trinajstić information content (AvgIpc) is 2.85. The first-order chi connectivity index (χ1) is 8.31. The van der Waals surface area contributed by atoms with Crippen LogP contribution >= 0.6 is 11.6 Å². The van der Waals surface area contributed by atoms with Gasteiger partial charge in [0, 0.05) is 23.9 Å². The molecule has 2 aromatic rings. The van der Waals surface area contributed by atoms with Gasteiger partial charge in [0.05, 0.1) is 11.8 Å². The minimum Gasteiger partial charge on any atom is -0.507 e. The van der Waals surface area contributed by atoms with E-state index in [-0.39, 0.29) is 5.75 Å². The van der Waals surface area contributed by atoms with Crippen LogP contribution in [0.15, 0.2) is 35.0 Å². The number of hydrogen-bond acceptors (Lipinski definition) is 3. The second-order valence-electron chi connectivity index (χ2n) is 3.35. The van der Waals surface area contributed by atoms with Gasteiger partial charge in [-0.2, -0.15) is 0 Å². The molecule has 1 heterocycles. The maximum atomic E-state index is 9.72. The minimum atomic E-state index is 0.143. The molecule has 0 fully saturated rings. The fourth-order valence-electron chi connectivity index (χ4n) is 1.38. The Labute approximate surface area is 104 Å². The number of rotatable bonds is 2. The lowest BCUT2D eigenvalue weighted by Gasteiger charge is -2.00.